The lowest BCUT2D eigenvalue weighted by Gasteiger charge is -2.29. The average molecular weight is 537 g/mol. The van der Waals surface area contributed by atoms with Gasteiger partial charge in [-0.1, -0.05) is 70.0 Å². The van der Waals surface area contributed by atoms with Crippen LogP contribution < -0.4 is 4.74 Å². The molecule has 0 fully saturated rings. The number of rotatable bonds is 4. The molecule has 4 aromatic rings. The molecular formula is C26H19BrClN3O3. The predicted octanol–water partition coefficient (Wildman–Crippen LogP) is 6.81. The summed E-state index contributed by atoms with van der Waals surface area (Å²) in [6.07, 6.45) is 1.73. The zero-order valence-electron chi connectivity index (χ0n) is 18.1. The SMILES string of the molecule is Cc1nn(-c2ccc(Cl)cc2)c2c1[C@@H](c1ccccc1)[C@H]([N+](=O)[O-])/C(=C/c1ccc(Br)cc1)O2. The van der Waals surface area contributed by atoms with Crippen molar-refractivity contribution in [1.82, 2.24) is 9.78 Å². The highest BCUT2D eigenvalue weighted by Gasteiger charge is 2.47. The summed E-state index contributed by atoms with van der Waals surface area (Å²) in [6.45, 7) is 1.85. The minimum atomic E-state index is -1.11. The van der Waals surface area contributed by atoms with Crippen LogP contribution in [0.3, 0.4) is 0 Å². The number of fused-ring (bicyclic) bond motifs is 1. The smallest absolute Gasteiger partial charge is 0.280 e. The zero-order valence-corrected chi connectivity index (χ0v) is 20.4. The molecule has 0 amide bonds. The summed E-state index contributed by atoms with van der Waals surface area (Å²) in [4.78, 5) is 12.2. The molecule has 0 bridgehead atoms. The van der Waals surface area contributed by atoms with Gasteiger partial charge in [-0.15, -0.1) is 0 Å². The van der Waals surface area contributed by atoms with Gasteiger partial charge in [0.15, 0.2) is 5.76 Å². The molecular weight excluding hydrogens is 518 g/mol. The third kappa shape index (κ3) is 4.13. The van der Waals surface area contributed by atoms with Crippen molar-refractivity contribution in [2.75, 3.05) is 0 Å². The molecule has 34 heavy (non-hydrogen) atoms. The molecule has 0 saturated heterocycles. The van der Waals surface area contributed by atoms with Crippen LogP contribution in [0.1, 0.15) is 28.3 Å². The van der Waals surface area contributed by atoms with Crippen LogP contribution in [0.25, 0.3) is 11.8 Å². The molecule has 0 saturated carbocycles. The molecule has 8 heteroatoms. The summed E-state index contributed by atoms with van der Waals surface area (Å²) < 4.78 is 8.91. The number of hydrogen-bond donors (Lipinski definition) is 0. The Balaban J connectivity index is 1.75. The van der Waals surface area contributed by atoms with Gasteiger partial charge in [-0.05, 0) is 60.5 Å². The first-order valence-electron chi connectivity index (χ1n) is 10.6. The van der Waals surface area contributed by atoms with E-state index in [1.807, 2.05) is 73.7 Å². The van der Waals surface area contributed by atoms with Gasteiger partial charge in [0, 0.05) is 14.4 Å². The van der Waals surface area contributed by atoms with Crippen LogP contribution in [0.15, 0.2) is 89.1 Å². The van der Waals surface area contributed by atoms with Crippen LogP contribution in [0.5, 0.6) is 5.88 Å². The number of ether oxygens (including phenoxy) is 1. The zero-order chi connectivity index (χ0) is 23.8. The van der Waals surface area contributed by atoms with Gasteiger partial charge in [0.1, 0.15) is 0 Å². The maximum Gasteiger partial charge on any atom is 0.280 e. The van der Waals surface area contributed by atoms with E-state index in [2.05, 4.69) is 15.9 Å². The Morgan fingerprint density at radius 3 is 2.38 bits per heavy atom. The Kier molecular flexibility index (Phi) is 5.98. The van der Waals surface area contributed by atoms with E-state index in [-0.39, 0.29) is 10.7 Å². The summed E-state index contributed by atoms with van der Waals surface area (Å²) in [7, 11) is 0. The van der Waals surface area contributed by atoms with E-state index >= 15 is 0 Å². The Morgan fingerprint density at radius 2 is 1.74 bits per heavy atom. The topological polar surface area (TPSA) is 70.2 Å². The average Bonchev–Trinajstić information content (AvgIpc) is 3.16. The standard InChI is InChI=1S/C26H19BrClN3O3/c1-16-23-24(18-5-3-2-4-6-18)25(31(32)33)22(15-17-7-9-19(27)10-8-17)34-26(23)30(29-16)21-13-11-20(28)12-14-21/h2-15,24-25H,1H3/b22-15-/t24-,25-/m1/s1. The van der Waals surface area contributed by atoms with E-state index in [1.165, 1.54) is 0 Å². The van der Waals surface area contributed by atoms with Gasteiger partial charge in [-0.2, -0.15) is 5.10 Å². The third-order valence-electron chi connectivity index (χ3n) is 5.83. The summed E-state index contributed by atoms with van der Waals surface area (Å²) in [6, 6.07) is 23.1. The number of aromatic nitrogens is 2. The number of nitrogens with zero attached hydrogens (tertiary/aromatic N) is 3. The fraction of sp³-hybridized carbons (Fsp3) is 0.115. The molecule has 0 aliphatic carbocycles. The number of nitro groups is 1. The summed E-state index contributed by atoms with van der Waals surface area (Å²) in [5.74, 6) is 0.154. The first kappa shape index (κ1) is 22.4. The van der Waals surface area contributed by atoms with Crippen LogP contribution >= 0.6 is 27.5 Å². The molecule has 5 rings (SSSR count). The maximum absolute atomic E-state index is 12.5. The Morgan fingerprint density at radius 1 is 1.06 bits per heavy atom. The van der Waals surface area contributed by atoms with Crippen molar-refractivity contribution >= 4 is 33.6 Å². The largest absolute Gasteiger partial charge is 0.436 e. The first-order valence-corrected chi connectivity index (χ1v) is 11.8. The molecule has 1 aliphatic heterocycles. The number of halogens is 2. The minimum absolute atomic E-state index is 0.254. The summed E-state index contributed by atoms with van der Waals surface area (Å²) in [5, 5.41) is 17.8. The van der Waals surface area contributed by atoms with E-state index < -0.39 is 12.0 Å². The van der Waals surface area contributed by atoms with Crippen LogP contribution in [0.4, 0.5) is 0 Å². The first-order chi connectivity index (χ1) is 16.4. The van der Waals surface area contributed by atoms with Crippen molar-refractivity contribution in [1.29, 1.82) is 0 Å². The number of aryl methyl sites for hydroxylation is 1. The molecule has 170 valence electrons. The lowest BCUT2D eigenvalue weighted by molar-refractivity contribution is -0.519. The van der Waals surface area contributed by atoms with E-state index in [9.17, 15) is 10.1 Å². The highest BCUT2D eigenvalue weighted by Crippen LogP contribution is 2.46. The molecule has 1 aliphatic rings. The van der Waals surface area contributed by atoms with Crippen LogP contribution in [0, 0.1) is 17.0 Å². The van der Waals surface area contributed by atoms with Crippen molar-refractivity contribution < 1.29 is 9.66 Å². The molecule has 0 unspecified atom stereocenters. The molecule has 2 atom stereocenters. The number of benzene rings is 3. The Hall–Kier alpha value is -3.42. The van der Waals surface area contributed by atoms with Crippen LogP contribution in [-0.2, 0) is 0 Å². The van der Waals surface area contributed by atoms with Crippen molar-refractivity contribution in [2.24, 2.45) is 0 Å². The highest BCUT2D eigenvalue weighted by molar-refractivity contribution is 9.10. The van der Waals surface area contributed by atoms with Gasteiger partial charge < -0.3 is 4.74 Å². The van der Waals surface area contributed by atoms with E-state index in [0.717, 1.165) is 21.3 Å². The van der Waals surface area contributed by atoms with Gasteiger partial charge in [0.2, 0.25) is 5.88 Å². The molecule has 0 N–H and O–H groups in total. The second-order valence-electron chi connectivity index (χ2n) is 8.01. The highest BCUT2D eigenvalue weighted by atomic mass is 79.9. The normalized spacial score (nSPS) is 18.4. The minimum Gasteiger partial charge on any atom is -0.436 e. The van der Waals surface area contributed by atoms with Crippen molar-refractivity contribution in [3.63, 3.8) is 0 Å². The van der Waals surface area contributed by atoms with Crippen LogP contribution in [0.2, 0.25) is 5.02 Å². The monoisotopic (exact) mass is 535 g/mol. The molecule has 1 aromatic heterocycles. The fourth-order valence-corrected chi connectivity index (χ4v) is 4.69. The van der Waals surface area contributed by atoms with E-state index in [0.29, 0.717) is 22.2 Å². The molecule has 0 radical (unpaired) electrons. The third-order valence-corrected chi connectivity index (χ3v) is 6.61. The van der Waals surface area contributed by atoms with Crippen molar-refractivity contribution in [3.05, 3.63) is 127 Å². The van der Waals surface area contributed by atoms with E-state index in [4.69, 9.17) is 21.4 Å². The predicted molar refractivity (Wildman–Crippen MR) is 135 cm³/mol. The molecule has 2 heterocycles. The molecule has 0 spiro atoms. The van der Waals surface area contributed by atoms with Gasteiger partial charge >= 0.3 is 0 Å². The van der Waals surface area contributed by atoms with Crippen molar-refractivity contribution in [3.8, 4) is 11.6 Å². The van der Waals surface area contributed by atoms with Gasteiger partial charge in [0.05, 0.1) is 22.9 Å². The maximum atomic E-state index is 12.5. The van der Waals surface area contributed by atoms with E-state index in [1.54, 1.807) is 22.9 Å². The number of hydrogen-bond acceptors (Lipinski definition) is 4. The van der Waals surface area contributed by atoms with Gasteiger partial charge in [0.25, 0.3) is 6.04 Å². The molecule has 6 nitrogen and oxygen atoms in total. The van der Waals surface area contributed by atoms with Crippen LogP contribution in [-0.4, -0.2) is 20.7 Å². The summed E-state index contributed by atoms with van der Waals surface area (Å²) >= 11 is 9.51. The van der Waals surface area contributed by atoms with Gasteiger partial charge in [-0.25, -0.2) is 4.68 Å². The quantitative estimate of drug-likeness (QED) is 0.212. The Labute approximate surface area is 209 Å². The fourth-order valence-electron chi connectivity index (χ4n) is 4.30. The summed E-state index contributed by atoms with van der Waals surface area (Å²) in [5.41, 5.74) is 3.76. The second-order valence-corrected chi connectivity index (χ2v) is 9.36. The van der Waals surface area contributed by atoms with Gasteiger partial charge in [-0.3, -0.25) is 10.1 Å². The molecule has 3 aromatic carbocycles. The lowest BCUT2D eigenvalue weighted by Crippen LogP contribution is -2.36. The second kappa shape index (κ2) is 9.08. The lowest BCUT2D eigenvalue weighted by atomic mass is 9.82. The Bertz CT molecular complexity index is 1380. The van der Waals surface area contributed by atoms with Crippen molar-refractivity contribution in [2.45, 2.75) is 18.9 Å².